The van der Waals surface area contributed by atoms with Crippen LogP contribution in [-0.2, 0) is 0 Å². The van der Waals surface area contributed by atoms with Crippen LogP contribution in [0.1, 0.15) is 28.9 Å². The lowest BCUT2D eigenvalue weighted by Crippen LogP contribution is -2.26. The minimum atomic E-state index is 0.0959. The second kappa shape index (κ2) is 7.77. The third kappa shape index (κ3) is 3.55. The van der Waals surface area contributed by atoms with Crippen LogP contribution < -0.4 is 5.32 Å². The summed E-state index contributed by atoms with van der Waals surface area (Å²) in [5, 5.41) is 14.2. The van der Waals surface area contributed by atoms with Crippen LogP contribution in [0.5, 0.6) is 5.75 Å². The first-order valence-electron chi connectivity index (χ1n) is 9.37. The van der Waals surface area contributed by atoms with Gasteiger partial charge in [0.25, 0.3) is 0 Å². The Hall–Kier alpha value is -2.64. The number of fused-ring (bicyclic) bond motifs is 1. The van der Waals surface area contributed by atoms with E-state index in [4.69, 9.17) is 11.6 Å². The maximum atomic E-state index is 11.7. The molecule has 0 saturated carbocycles. The molecule has 1 saturated heterocycles. The largest absolute Gasteiger partial charge is 0.508 e. The van der Waals surface area contributed by atoms with Gasteiger partial charge in [-0.2, -0.15) is 0 Å². The van der Waals surface area contributed by atoms with Gasteiger partial charge >= 0.3 is 0 Å². The minimum absolute atomic E-state index is 0.0959. The standard InChI is InChI=1S/C20H22ClN5O2/c1-12-17(21)19(22-6-9-26-7-2-3-8-26)25-20(23-12)18-15(11-27)14-10-13(28)4-5-16(14)24-18/h4-5,10-11,24,28H,2-3,6-9H2,1H3,(H,22,23,25). The number of hydrogen-bond donors (Lipinski definition) is 3. The van der Waals surface area contributed by atoms with E-state index in [0.29, 0.717) is 39.0 Å². The first kappa shape index (κ1) is 18.7. The zero-order valence-electron chi connectivity index (χ0n) is 15.6. The number of aromatic hydroxyl groups is 1. The van der Waals surface area contributed by atoms with Crippen LogP contribution in [0.15, 0.2) is 18.2 Å². The molecule has 3 N–H and O–H groups in total. The van der Waals surface area contributed by atoms with E-state index in [1.165, 1.54) is 12.8 Å². The summed E-state index contributed by atoms with van der Waals surface area (Å²) in [6.07, 6.45) is 3.26. The molecule has 146 valence electrons. The molecule has 4 rings (SSSR count). The quantitative estimate of drug-likeness (QED) is 0.548. The molecule has 0 radical (unpaired) electrons. The van der Waals surface area contributed by atoms with Crippen LogP contribution in [0.2, 0.25) is 5.02 Å². The number of H-pyrrole nitrogens is 1. The number of carbonyl (C=O) groups excluding carboxylic acids is 1. The summed E-state index contributed by atoms with van der Waals surface area (Å²) >= 11 is 6.41. The minimum Gasteiger partial charge on any atom is -0.508 e. The molecule has 3 aromatic rings. The van der Waals surface area contributed by atoms with Crippen LogP contribution in [0.25, 0.3) is 22.4 Å². The SMILES string of the molecule is Cc1nc(-c2[nH]c3ccc(O)cc3c2C=O)nc(NCCN2CCCC2)c1Cl. The Bertz CT molecular complexity index is 1030. The zero-order chi connectivity index (χ0) is 19.7. The van der Waals surface area contributed by atoms with Gasteiger partial charge in [0.15, 0.2) is 12.1 Å². The maximum Gasteiger partial charge on any atom is 0.179 e. The van der Waals surface area contributed by atoms with Crippen molar-refractivity contribution in [3.8, 4) is 17.3 Å². The molecule has 7 nitrogen and oxygen atoms in total. The van der Waals surface area contributed by atoms with Gasteiger partial charge in [0.1, 0.15) is 16.6 Å². The number of likely N-dealkylation sites (tertiary alicyclic amines) is 1. The number of hydrogen-bond acceptors (Lipinski definition) is 6. The van der Waals surface area contributed by atoms with Gasteiger partial charge in [-0.15, -0.1) is 0 Å². The Labute approximate surface area is 167 Å². The highest BCUT2D eigenvalue weighted by Crippen LogP contribution is 2.32. The van der Waals surface area contributed by atoms with Crippen molar-refractivity contribution in [1.29, 1.82) is 0 Å². The number of aldehydes is 1. The summed E-state index contributed by atoms with van der Waals surface area (Å²) in [4.78, 5) is 26.4. The topological polar surface area (TPSA) is 94.1 Å². The van der Waals surface area contributed by atoms with E-state index in [1.807, 2.05) is 6.92 Å². The Morgan fingerprint density at radius 3 is 2.86 bits per heavy atom. The lowest BCUT2D eigenvalue weighted by molar-refractivity contribution is 0.112. The summed E-state index contributed by atoms with van der Waals surface area (Å²) in [7, 11) is 0. The predicted octanol–water partition coefficient (Wildman–Crippen LogP) is 3.61. The number of nitrogens with zero attached hydrogens (tertiary/aromatic N) is 3. The smallest absolute Gasteiger partial charge is 0.179 e. The van der Waals surface area contributed by atoms with Crippen molar-refractivity contribution >= 4 is 34.6 Å². The summed E-state index contributed by atoms with van der Waals surface area (Å²) in [6.45, 7) is 5.74. The number of aromatic nitrogens is 3. The third-order valence-corrected chi connectivity index (χ3v) is 5.55. The van der Waals surface area contributed by atoms with Crippen LogP contribution >= 0.6 is 11.6 Å². The van der Waals surface area contributed by atoms with Gasteiger partial charge in [-0.1, -0.05) is 11.6 Å². The van der Waals surface area contributed by atoms with Gasteiger partial charge in [-0.3, -0.25) is 4.79 Å². The number of aromatic amines is 1. The number of rotatable bonds is 6. The van der Waals surface area contributed by atoms with E-state index >= 15 is 0 Å². The molecule has 1 aliphatic rings. The number of carbonyl (C=O) groups is 1. The number of anilines is 1. The van der Waals surface area contributed by atoms with Crippen LogP contribution in [0.3, 0.4) is 0 Å². The van der Waals surface area contributed by atoms with Gasteiger partial charge in [-0.25, -0.2) is 9.97 Å². The van der Waals surface area contributed by atoms with Crippen molar-refractivity contribution in [2.24, 2.45) is 0 Å². The summed E-state index contributed by atoms with van der Waals surface area (Å²) in [5.74, 6) is 1.05. The molecule has 3 heterocycles. The highest BCUT2D eigenvalue weighted by atomic mass is 35.5. The molecule has 0 spiro atoms. The van der Waals surface area contributed by atoms with Crippen LogP contribution in [0.4, 0.5) is 5.82 Å². The molecular formula is C20H22ClN5O2. The van der Waals surface area contributed by atoms with E-state index in [2.05, 4.69) is 25.2 Å². The average Bonchev–Trinajstić information content (AvgIpc) is 3.32. The maximum absolute atomic E-state index is 11.7. The lowest BCUT2D eigenvalue weighted by Gasteiger charge is -2.16. The van der Waals surface area contributed by atoms with Crippen molar-refractivity contribution in [2.75, 3.05) is 31.5 Å². The molecule has 8 heteroatoms. The van der Waals surface area contributed by atoms with Crippen LogP contribution in [0, 0.1) is 6.92 Å². The summed E-state index contributed by atoms with van der Waals surface area (Å²) in [5.41, 5.74) is 2.29. The van der Waals surface area contributed by atoms with Crippen molar-refractivity contribution < 1.29 is 9.90 Å². The Kier molecular flexibility index (Phi) is 5.19. The second-order valence-corrected chi connectivity index (χ2v) is 7.41. The van der Waals surface area contributed by atoms with Gasteiger partial charge in [0, 0.05) is 24.0 Å². The molecular weight excluding hydrogens is 378 g/mol. The van der Waals surface area contributed by atoms with Crippen LogP contribution in [-0.4, -0.2) is 57.4 Å². The molecule has 0 amide bonds. The molecule has 28 heavy (non-hydrogen) atoms. The van der Waals surface area contributed by atoms with E-state index in [1.54, 1.807) is 18.2 Å². The fourth-order valence-electron chi connectivity index (χ4n) is 3.63. The highest BCUT2D eigenvalue weighted by molar-refractivity contribution is 6.33. The fourth-order valence-corrected chi connectivity index (χ4v) is 3.78. The number of aryl methyl sites for hydroxylation is 1. The number of nitrogens with one attached hydrogen (secondary N) is 2. The van der Waals surface area contributed by atoms with Crippen molar-refractivity contribution in [3.63, 3.8) is 0 Å². The van der Waals surface area contributed by atoms with E-state index in [9.17, 15) is 9.90 Å². The highest BCUT2D eigenvalue weighted by Gasteiger charge is 2.19. The van der Waals surface area contributed by atoms with Crippen molar-refractivity contribution in [1.82, 2.24) is 19.9 Å². The van der Waals surface area contributed by atoms with Gasteiger partial charge in [0.05, 0.1) is 17.0 Å². The van der Waals surface area contributed by atoms with Gasteiger partial charge < -0.3 is 20.3 Å². The zero-order valence-corrected chi connectivity index (χ0v) is 16.4. The van der Waals surface area contributed by atoms with Gasteiger partial charge in [0.2, 0.25) is 0 Å². The molecule has 0 aliphatic carbocycles. The number of benzene rings is 1. The molecule has 0 bridgehead atoms. The molecule has 1 aromatic carbocycles. The van der Waals surface area contributed by atoms with E-state index in [-0.39, 0.29) is 5.75 Å². The number of phenolic OH excluding ortho intramolecular Hbond substituents is 1. The summed E-state index contributed by atoms with van der Waals surface area (Å²) < 4.78 is 0. The lowest BCUT2D eigenvalue weighted by atomic mass is 10.1. The first-order valence-corrected chi connectivity index (χ1v) is 9.75. The van der Waals surface area contributed by atoms with Gasteiger partial charge in [-0.05, 0) is 51.1 Å². The normalized spacial score (nSPS) is 14.6. The molecule has 0 unspecified atom stereocenters. The fraction of sp³-hybridized carbons (Fsp3) is 0.350. The Balaban J connectivity index is 1.67. The molecule has 0 atom stereocenters. The van der Waals surface area contributed by atoms with Crippen molar-refractivity contribution in [3.05, 3.63) is 34.5 Å². The Morgan fingerprint density at radius 2 is 2.11 bits per heavy atom. The number of phenols is 1. The molecule has 1 aliphatic heterocycles. The van der Waals surface area contributed by atoms with Crippen molar-refractivity contribution in [2.45, 2.75) is 19.8 Å². The predicted molar refractivity (Wildman–Crippen MR) is 110 cm³/mol. The summed E-state index contributed by atoms with van der Waals surface area (Å²) in [6, 6.07) is 4.84. The van der Waals surface area contributed by atoms with E-state index < -0.39 is 0 Å². The Morgan fingerprint density at radius 1 is 1.32 bits per heavy atom. The van der Waals surface area contributed by atoms with E-state index in [0.717, 1.165) is 38.0 Å². The molecule has 1 fully saturated rings. The molecule has 2 aromatic heterocycles. The first-order chi connectivity index (χ1) is 13.6. The average molecular weight is 400 g/mol. The second-order valence-electron chi connectivity index (χ2n) is 7.03. The third-order valence-electron chi connectivity index (χ3n) is 5.10. The monoisotopic (exact) mass is 399 g/mol. The number of halogens is 1.